The highest BCUT2D eigenvalue weighted by atomic mass is 35.5. The number of ether oxygens (including phenoxy) is 1. The molecule has 0 unspecified atom stereocenters. The number of aromatic nitrogens is 4. The van der Waals surface area contributed by atoms with Crippen LogP contribution in [0.5, 0.6) is 0 Å². The Balaban J connectivity index is 1.48. The van der Waals surface area contributed by atoms with Crippen molar-refractivity contribution in [2.75, 3.05) is 37.7 Å². The lowest BCUT2D eigenvalue weighted by atomic mass is 9.95. The minimum Gasteiger partial charge on any atom is -0.382 e. The van der Waals surface area contributed by atoms with Crippen molar-refractivity contribution in [2.45, 2.75) is 40.0 Å². The van der Waals surface area contributed by atoms with Gasteiger partial charge in [-0.15, -0.1) is 5.10 Å². The molecule has 33 heavy (non-hydrogen) atoms. The molecule has 4 rings (SSSR count). The van der Waals surface area contributed by atoms with Crippen molar-refractivity contribution >= 4 is 34.2 Å². The number of hydrogen-bond acceptors (Lipinski definition) is 6. The van der Waals surface area contributed by atoms with Gasteiger partial charge in [-0.1, -0.05) is 11.6 Å². The van der Waals surface area contributed by atoms with Gasteiger partial charge < -0.3 is 15.0 Å². The predicted molar refractivity (Wildman–Crippen MR) is 130 cm³/mol. The number of hydrogen-bond donors (Lipinski definition) is 1. The first kappa shape index (κ1) is 23.4. The van der Waals surface area contributed by atoms with Crippen LogP contribution in [-0.2, 0) is 9.53 Å². The summed E-state index contributed by atoms with van der Waals surface area (Å²) in [7, 11) is 0. The van der Waals surface area contributed by atoms with E-state index in [0.717, 1.165) is 66.1 Å². The van der Waals surface area contributed by atoms with Crippen LogP contribution in [0, 0.1) is 19.8 Å². The van der Waals surface area contributed by atoms with Gasteiger partial charge in [-0.3, -0.25) is 4.79 Å². The molecule has 3 aromatic rings. The first-order valence-corrected chi connectivity index (χ1v) is 12.0. The zero-order valence-corrected chi connectivity index (χ0v) is 20.2. The van der Waals surface area contributed by atoms with Crippen LogP contribution < -0.4 is 10.2 Å². The van der Waals surface area contributed by atoms with E-state index in [0.29, 0.717) is 24.8 Å². The summed E-state index contributed by atoms with van der Waals surface area (Å²) in [6.07, 6.45) is 2.40. The number of rotatable bonds is 8. The molecule has 0 bridgehead atoms. The molecular weight excluding hydrogens is 440 g/mol. The van der Waals surface area contributed by atoms with Gasteiger partial charge in [-0.05, 0) is 64.3 Å². The molecule has 1 aliphatic rings. The smallest absolute Gasteiger partial charge is 0.223 e. The van der Waals surface area contributed by atoms with E-state index in [4.69, 9.17) is 21.4 Å². The Bertz CT molecular complexity index is 1110. The van der Waals surface area contributed by atoms with Gasteiger partial charge in [0, 0.05) is 43.8 Å². The number of halogens is 1. The van der Waals surface area contributed by atoms with Crippen molar-refractivity contribution in [1.29, 1.82) is 0 Å². The zero-order chi connectivity index (χ0) is 23.4. The van der Waals surface area contributed by atoms with Gasteiger partial charge >= 0.3 is 0 Å². The maximum absolute atomic E-state index is 12.5. The number of anilines is 1. The molecule has 1 aromatic carbocycles. The maximum atomic E-state index is 12.5. The molecule has 1 N–H and O–H groups in total. The highest BCUT2D eigenvalue weighted by Crippen LogP contribution is 2.31. The number of fused-ring (bicyclic) bond motifs is 1. The molecule has 9 heteroatoms. The summed E-state index contributed by atoms with van der Waals surface area (Å²) in [5.41, 5.74) is 3.65. The molecule has 1 saturated heterocycles. The van der Waals surface area contributed by atoms with Crippen LogP contribution >= 0.6 is 11.6 Å². The highest BCUT2D eigenvalue weighted by Gasteiger charge is 2.28. The largest absolute Gasteiger partial charge is 0.382 e. The Labute approximate surface area is 199 Å². The number of piperidine rings is 1. The van der Waals surface area contributed by atoms with Crippen molar-refractivity contribution in [3.63, 3.8) is 0 Å². The van der Waals surface area contributed by atoms with Crippen LogP contribution in [0.15, 0.2) is 24.3 Å². The topological polar surface area (TPSA) is 85.2 Å². The lowest BCUT2D eigenvalue weighted by Crippen LogP contribution is -2.41. The maximum Gasteiger partial charge on any atom is 0.223 e. The number of nitrogens with one attached hydrogen (secondary N) is 1. The van der Waals surface area contributed by atoms with Crippen molar-refractivity contribution in [3.8, 4) is 5.69 Å². The van der Waals surface area contributed by atoms with Crippen LogP contribution in [0.2, 0.25) is 5.02 Å². The van der Waals surface area contributed by atoms with Gasteiger partial charge in [0.15, 0.2) is 5.82 Å². The number of amides is 1. The molecule has 8 nitrogen and oxygen atoms in total. The second kappa shape index (κ2) is 10.5. The standard InChI is InChI=1S/C24H31ClN6O2/c1-4-33-15-5-12-26-24(32)18-10-13-30(14-11-18)23-22-21(16(2)27-28-23)17(3)31(29-22)20-8-6-19(25)7-9-20/h6-9,18H,4-5,10-15H2,1-3H3,(H,26,32). The SMILES string of the molecule is CCOCCCNC(=O)C1CCN(c2nnc(C)c3c(C)n(-c4ccc(Cl)cc4)nc23)CC1. The van der Waals surface area contributed by atoms with Crippen molar-refractivity contribution < 1.29 is 9.53 Å². The number of carbonyl (C=O) groups excluding carboxylic acids is 1. The normalized spacial score (nSPS) is 14.7. The average molecular weight is 471 g/mol. The number of carbonyl (C=O) groups is 1. The summed E-state index contributed by atoms with van der Waals surface area (Å²) in [6, 6.07) is 7.63. The summed E-state index contributed by atoms with van der Waals surface area (Å²) in [6.45, 7) is 9.52. The van der Waals surface area contributed by atoms with Gasteiger partial charge in [-0.25, -0.2) is 4.68 Å². The first-order chi connectivity index (χ1) is 16.0. The number of aryl methyl sites for hydroxylation is 2. The number of benzene rings is 1. The fourth-order valence-electron chi connectivity index (χ4n) is 4.39. The Morgan fingerprint density at radius 1 is 1.18 bits per heavy atom. The van der Waals surface area contributed by atoms with E-state index in [-0.39, 0.29) is 11.8 Å². The number of nitrogens with zero attached hydrogens (tertiary/aromatic N) is 5. The van der Waals surface area contributed by atoms with Crippen LogP contribution in [0.3, 0.4) is 0 Å². The monoisotopic (exact) mass is 470 g/mol. The summed E-state index contributed by atoms with van der Waals surface area (Å²) in [5.74, 6) is 0.937. The minimum absolute atomic E-state index is 0.0237. The molecule has 0 saturated carbocycles. The van der Waals surface area contributed by atoms with E-state index in [9.17, 15) is 4.79 Å². The van der Waals surface area contributed by atoms with Crippen molar-refractivity contribution in [2.24, 2.45) is 5.92 Å². The lowest BCUT2D eigenvalue weighted by molar-refractivity contribution is -0.125. The quantitative estimate of drug-likeness (QED) is 0.503. The highest BCUT2D eigenvalue weighted by molar-refractivity contribution is 6.30. The molecular formula is C24H31ClN6O2. The third-order valence-corrected chi connectivity index (χ3v) is 6.44. The molecule has 1 aliphatic heterocycles. The van der Waals surface area contributed by atoms with E-state index < -0.39 is 0 Å². The van der Waals surface area contributed by atoms with Gasteiger partial charge in [0.2, 0.25) is 5.91 Å². The van der Waals surface area contributed by atoms with E-state index in [1.54, 1.807) is 0 Å². The third-order valence-electron chi connectivity index (χ3n) is 6.19. The van der Waals surface area contributed by atoms with Gasteiger partial charge in [0.05, 0.1) is 22.5 Å². The molecule has 1 amide bonds. The molecule has 0 aliphatic carbocycles. The fraction of sp³-hybridized carbons (Fsp3) is 0.500. The van der Waals surface area contributed by atoms with E-state index >= 15 is 0 Å². The summed E-state index contributed by atoms with van der Waals surface area (Å²) in [4.78, 5) is 14.7. The molecule has 1 fully saturated rings. The Morgan fingerprint density at radius 3 is 2.61 bits per heavy atom. The van der Waals surface area contributed by atoms with E-state index in [1.807, 2.05) is 49.7 Å². The molecule has 2 aromatic heterocycles. The zero-order valence-electron chi connectivity index (χ0n) is 19.5. The van der Waals surface area contributed by atoms with Crippen molar-refractivity contribution in [1.82, 2.24) is 25.3 Å². The second-order valence-corrected chi connectivity index (χ2v) is 8.85. The minimum atomic E-state index is 0.0237. The Hall–Kier alpha value is -2.71. The predicted octanol–water partition coefficient (Wildman–Crippen LogP) is 3.84. The summed E-state index contributed by atoms with van der Waals surface area (Å²) >= 11 is 6.06. The Kier molecular flexibility index (Phi) is 7.45. The average Bonchev–Trinajstić information content (AvgIpc) is 3.17. The van der Waals surface area contributed by atoms with Crippen LogP contribution in [0.4, 0.5) is 5.82 Å². The second-order valence-electron chi connectivity index (χ2n) is 8.41. The van der Waals surface area contributed by atoms with E-state index in [2.05, 4.69) is 20.4 Å². The summed E-state index contributed by atoms with van der Waals surface area (Å²) in [5, 5.41) is 18.6. The molecule has 0 atom stereocenters. The fourth-order valence-corrected chi connectivity index (χ4v) is 4.51. The molecule has 176 valence electrons. The molecule has 0 spiro atoms. The van der Waals surface area contributed by atoms with Crippen molar-refractivity contribution in [3.05, 3.63) is 40.7 Å². The lowest BCUT2D eigenvalue weighted by Gasteiger charge is -2.32. The third kappa shape index (κ3) is 5.12. The molecule has 3 heterocycles. The van der Waals surface area contributed by atoms with Crippen LogP contribution in [-0.4, -0.2) is 58.7 Å². The van der Waals surface area contributed by atoms with Gasteiger partial charge in [-0.2, -0.15) is 10.2 Å². The Morgan fingerprint density at radius 2 is 1.91 bits per heavy atom. The van der Waals surface area contributed by atoms with Crippen LogP contribution in [0.25, 0.3) is 16.6 Å². The van der Waals surface area contributed by atoms with Crippen LogP contribution in [0.1, 0.15) is 37.6 Å². The van der Waals surface area contributed by atoms with Gasteiger partial charge in [0.25, 0.3) is 0 Å². The molecule has 0 radical (unpaired) electrons. The van der Waals surface area contributed by atoms with E-state index in [1.165, 1.54) is 0 Å². The van der Waals surface area contributed by atoms with Gasteiger partial charge in [0.1, 0.15) is 5.52 Å². The summed E-state index contributed by atoms with van der Waals surface area (Å²) < 4.78 is 7.25. The first-order valence-electron chi connectivity index (χ1n) is 11.6.